The largest absolute Gasteiger partial charge is 0.352 e. The van der Waals surface area contributed by atoms with E-state index in [4.69, 9.17) is 5.73 Å². The first-order valence-electron chi connectivity index (χ1n) is 13.9. The molecule has 1 saturated heterocycles. The lowest BCUT2D eigenvalue weighted by atomic mass is 9.74. The number of likely N-dealkylation sites (tertiary alicyclic amines) is 1. The minimum Gasteiger partial charge on any atom is -0.352 e. The third-order valence-corrected chi connectivity index (χ3v) is 8.25. The zero-order valence-electron chi connectivity index (χ0n) is 24.2. The molecule has 214 valence electrons. The maximum Gasteiger partial charge on any atom is 0.244 e. The normalized spacial score (nSPS) is 19.0. The average Bonchev–Trinajstić information content (AvgIpc) is 3.33. The lowest BCUT2D eigenvalue weighted by molar-refractivity contribution is -0.159. The third kappa shape index (κ3) is 5.96. The van der Waals surface area contributed by atoms with Gasteiger partial charge in [0.05, 0.1) is 23.2 Å². The van der Waals surface area contributed by atoms with Crippen LogP contribution in [0.5, 0.6) is 0 Å². The number of aromatic amines is 1. The van der Waals surface area contributed by atoms with E-state index in [1.807, 2.05) is 75.6 Å². The molecule has 1 fully saturated rings. The van der Waals surface area contributed by atoms with E-state index in [1.54, 1.807) is 29.0 Å². The molecule has 0 bridgehead atoms. The van der Waals surface area contributed by atoms with Gasteiger partial charge in [0.2, 0.25) is 11.8 Å². The Kier molecular flexibility index (Phi) is 9.08. The van der Waals surface area contributed by atoms with E-state index in [0.29, 0.717) is 38.0 Å². The van der Waals surface area contributed by atoms with E-state index >= 15 is 0 Å². The van der Waals surface area contributed by atoms with Gasteiger partial charge in [-0.25, -0.2) is 5.01 Å². The van der Waals surface area contributed by atoms with Gasteiger partial charge in [0.25, 0.3) is 0 Å². The molecule has 9 nitrogen and oxygen atoms in total. The molecule has 0 spiro atoms. The van der Waals surface area contributed by atoms with Crippen LogP contribution in [0.1, 0.15) is 41.4 Å². The Hall–Kier alpha value is -3.53. The molecule has 2 amide bonds. The van der Waals surface area contributed by atoms with Crippen LogP contribution in [0.4, 0.5) is 0 Å². The summed E-state index contributed by atoms with van der Waals surface area (Å²) in [6.07, 6.45) is 2.14. The molecular weight excluding hydrogens is 504 g/mol. The number of piperidine rings is 1. The number of carbonyl (C=O) groups excluding carboxylic acids is 3. The number of aromatic nitrogens is 1. The zero-order chi connectivity index (χ0) is 29.0. The van der Waals surface area contributed by atoms with E-state index in [2.05, 4.69) is 10.3 Å². The Labute approximate surface area is 236 Å². The second kappa shape index (κ2) is 12.3. The van der Waals surface area contributed by atoms with Crippen molar-refractivity contribution in [3.63, 3.8) is 0 Å². The topological polar surface area (TPSA) is 115 Å². The molecule has 4 N–H and O–H groups in total. The summed E-state index contributed by atoms with van der Waals surface area (Å²) in [5, 5.41) is 7.29. The summed E-state index contributed by atoms with van der Waals surface area (Å²) in [5.74, 6) is -0.300. The molecule has 40 heavy (non-hydrogen) atoms. The number of nitrogens with two attached hydrogens (primary N) is 1. The minimum atomic E-state index is -0.857. The molecule has 3 atom stereocenters. The first-order chi connectivity index (χ1) is 19.1. The number of ketones is 1. The summed E-state index contributed by atoms with van der Waals surface area (Å²) in [6.45, 7) is 2.64. The van der Waals surface area contributed by atoms with Gasteiger partial charge in [0.15, 0.2) is 5.78 Å². The molecular formula is C31H42N6O3. The van der Waals surface area contributed by atoms with Gasteiger partial charge in [-0.15, -0.1) is 0 Å². The number of amides is 2. The number of H-pyrrole nitrogens is 1. The number of nitrogens with zero attached hydrogens (tertiary/aromatic N) is 3. The van der Waals surface area contributed by atoms with Crippen molar-refractivity contribution in [2.75, 3.05) is 41.3 Å². The number of rotatable bonds is 10. The first-order valence-corrected chi connectivity index (χ1v) is 13.9. The highest BCUT2D eigenvalue weighted by molar-refractivity contribution is 6.05. The highest BCUT2D eigenvalue weighted by Crippen LogP contribution is 2.36. The maximum absolute atomic E-state index is 13.9. The number of carbonyl (C=O) groups is 3. The number of benzene rings is 2. The Balaban J connectivity index is 1.62. The standard InChI is InChI=1S/C31H42N6O3/c1-21(33-2)28(38)27-24(23-14-9-10-15-26(23)34-27)18-25(32)29(39)37-17-11-16-31(20-37,30(40)36(5)35(3)4)19-22-12-7-6-8-13-22/h6-10,12-15,21,25,33-34H,11,16-20,32H2,1-5H3/t21?,25-,31-/m1/s1. The molecule has 0 saturated carbocycles. The summed E-state index contributed by atoms with van der Waals surface area (Å²) < 4.78 is 0. The van der Waals surface area contributed by atoms with Crippen molar-refractivity contribution in [3.05, 3.63) is 71.4 Å². The summed E-state index contributed by atoms with van der Waals surface area (Å²) >= 11 is 0. The molecule has 1 unspecified atom stereocenters. The quantitative estimate of drug-likeness (QED) is 0.266. The number of Topliss-reactive ketones (excluding diaryl/α,β-unsaturated/α-hetero) is 1. The highest BCUT2D eigenvalue weighted by Gasteiger charge is 2.46. The van der Waals surface area contributed by atoms with E-state index in [-0.39, 0.29) is 30.1 Å². The number of hydrogen-bond acceptors (Lipinski definition) is 6. The summed E-state index contributed by atoms with van der Waals surface area (Å²) in [4.78, 5) is 45.9. The Morgan fingerprint density at radius 2 is 1.75 bits per heavy atom. The molecule has 0 radical (unpaired) electrons. The smallest absolute Gasteiger partial charge is 0.244 e. The van der Waals surface area contributed by atoms with Gasteiger partial charge in [-0.05, 0) is 56.8 Å². The molecule has 1 aliphatic rings. The Bertz CT molecular complexity index is 1350. The number of fused-ring (bicyclic) bond motifs is 1. The van der Waals surface area contributed by atoms with Crippen LogP contribution >= 0.6 is 0 Å². The molecule has 4 rings (SSSR count). The van der Waals surface area contributed by atoms with E-state index in [9.17, 15) is 14.4 Å². The van der Waals surface area contributed by atoms with Gasteiger partial charge >= 0.3 is 0 Å². The number of hydrogen-bond donors (Lipinski definition) is 3. The number of para-hydroxylation sites is 1. The Morgan fingerprint density at radius 1 is 1.07 bits per heavy atom. The van der Waals surface area contributed by atoms with E-state index in [0.717, 1.165) is 22.0 Å². The fraction of sp³-hybridized carbons (Fsp3) is 0.452. The fourth-order valence-corrected chi connectivity index (χ4v) is 5.74. The lowest BCUT2D eigenvalue weighted by Crippen LogP contribution is -2.58. The van der Waals surface area contributed by atoms with Gasteiger partial charge < -0.3 is 20.9 Å². The third-order valence-electron chi connectivity index (χ3n) is 8.25. The molecule has 2 aromatic carbocycles. The van der Waals surface area contributed by atoms with Crippen molar-refractivity contribution in [3.8, 4) is 0 Å². The van der Waals surface area contributed by atoms with E-state index < -0.39 is 11.5 Å². The number of nitrogens with one attached hydrogen (secondary N) is 2. The van der Waals surface area contributed by atoms with Crippen LogP contribution in [-0.2, 0) is 22.4 Å². The SMILES string of the molecule is CNC(C)C(=O)c1[nH]c2ccccc2c1C[C@@H](N)C(=O)N1CCC[C@](Cc2ccccc2)(C(=O)N(C)N(C)C)C1. The first kappa shape index (κ1) is 29.5. The molecule has 1 aliphatic heterocycles. The van der Waals surface area contributed by atoms with Crippen LogP contribution in [-0.4, -0.2) is 90.9 Å². The van der Waals surface area contributed by atoms with Crippen molar-refractivity contribution in [1.82, 2.24) is 25.2 Å². The predicted molar refractivity (Wildman–Crippen MR) is 158 cm³/mol. The van der Waals surface area contributed by atoms with Gasteiger partial charge in [0.1, 0.15) is 0 Å². The molecule has 9 heteroatoms. The summed E-state index contributed by atoms with van der Waals surface area (Å²) in [6, 6.07) is 16.4. The molecule has 3 aromatic rings. The second-order valence-corrected chi connectivity index (χ2v) is 11.2. The minimum absolute atomic E-state index is 0.0158. The van der Waals surface area contributed by atoms with Gasteiger partial charge in [0, 0.05) is 45.1 Å². The molecule has 2 heterocycles. The maximum atomic E-state index is 13.9. The van der Waals surface area contributed by atoms with Crippen molar-refractivity contribution >= 4 is 28.5 Å². The molecule has 0 aliphatic carbocycles. The van der Waals surface area contributed by atoms with Crippen LogP contribution in [0.2, 0.25) is 0 Å². The zero-order valence-corrected chi connectivity index (χ0v) is 24.2. The molecule has 1 aromatic heterocycles. The van der Waals surface area contributed by atoms with Crippen LogP contribution in [0.3, 0.4) is 0 Å². The average molecular weight is 547 g/mol. The van der Waals surface area contributed by atoms with Crippen molar-refractivity contribution in [2.24, 2.45) is 11.1 Å². The monoisotopic (exact) mass is 546 g/mol. The van der Waals surface area contributed by atoms with Gasteiger partial charge in [-0.3, -0.25) is 19.4 Å². The Morgan fingerprint density at radius 3 is 2.42 bits per heavy atom. The highest BCUT2D eigenvalue weighted by atomic mass is 16.2. The van der Waals surface area contributed by atoms with E-state index in [1.165, 1.54) is 0 Å². The second-order valence-electron chi connectivity index (χ2n) is 11.2. The van der Waals surface area contributed by atoms with Crippen molar-refractivity contribution in [1.29, 1.82) is 0 Å². The van der Waals surface area contributed by atoms with Crippen LogP contribution in [0.25, 0.3) is 10.9 Å². The van der Waals surface area contributed by atoms with Crippen molar-refractivity contribution in [2.45, 2.75) is 44.7 Å². The lowest BCUT2D eigenvalue weighted by Gasteiger charge is -2.45. The number of hydrazine groups is 1. The van der Waals surface area contributed by atoms with Crippen LogP contribution in [0.15, 0.2) is 54.6 Å². The van der Waals surface area contributed by atoms with Crippen LogP contribution in [0, 0.1) is 5.41 Å². The fourth-order valence-electron chi connectivity index (χ4n) is 5.74. The van der Waals surface area contributed by atoms with Gasteiger partial charge in [-0.2, -0.15) is 0 Å². The predicted octanol–water partition coefficient (Wildman–Crippen LogP) is 2.61. The summed E-state index contributed by atoms with van der Waals surface area (Å²) in [7, 11) is 7.19. The van der Waals surface area contributed by atoms with Crippen molar-refractivity contribution < 1.29 is 14.4 Å². The van der Waals surface area contributed by atoms with Gasteiger partial charge in [-0.1, -0.05) is 48.5 Å². The number of likely N-dealkylation sites (N-methyl/N-ethyl adjacent to an activating group) is 1. The van der Waals surface area contributed by atoms with Crippen LogP contribution < -0.4 is 11.1 Å². The summed E-state index contributed by atoms with van der Waals surface area (Å²) in [5.41, 5.74) is 8.95.